The Morgan fingerprint density at radius 2 is 1.67 bits per heavy atom. The molecule has 0 radical (unpaired) electrons. The van der Waals surface area contributed by atoms with E-state index < -0.39 is 10.0 Å². The molecule has 0 aromatic heterocycles. The number of halogens is 1. The molecule has 24 heavy (non-hydrogen) atoms. The zero-order valence-electron chi connectivity index (χ0n) is 13.7. The second kappa shape index (κ2) is 7.51. The average molecular weight is 456 g/mol. The van der Waals surface area contributed by atoms with Crippen LogP contribution >= 0.6 is 22.6 Å². The molecule has 0 unspecified atom stereocenters. The Bertz CT molecular complexity index is 798. The first-order chi connectivity index (χ1) is 11.4. The van der Waals surface area contributed by atoms with E-state index in [0.29, 0.717) is 18.0 Å². The van der Waals surface area contributed by atoms with Crippen molar-refractivity contribution in [3.8, 4) is 0 Å². The number of piperazine rings is 1. The lowest BCUT2D eigenvalue weighted by Gasteiger charge is -2.34. The molecule has 1 saturated heterocycles. The molecule has 6 heteroatoms. The third-order valence-corrected chi connectivity index (χ3v) is 6.90. The predicted octanol–water partition coefficient (Wildman–Crippen LogP) is 3.11. The Morgan fingerprint density at radius 3 is 2.29 bits per heavy atom. The van der Waals surface area contributed by atoms with Crippen LogP contribution in [-0.2, 0) is 16.6 Å². The monoisotopic (exact) mass is 456 g/mol. The molecule has 1 aliphatic rings. The van der Waals surface area contributed by atoms with Crippen LogP contribution in [0, 0.1) is 10.5 Å². The average Bonchev–Trinajstić information content (AvgIpc) is 2.56. The van der Waals surface area contributed by atoms with Gasteiger partial charge in [0.1, 0.15) is 0 Å². The molecule has 4 nitrogen and oxygen atoms in total. The summed E-state index contributed by atoms with van der Waals surface area (Å²) < 4.78 is 28.1. The van der Waals surface area contributed by atoms with Gasteiger partial charge in [0, 0.05) is 36.3 Å². The molecule has 0 aliphatic carbocycles. The number of hydrogen-bond donors (Lipinski definition) is 0. The Balaban J connectivity index is 1.63. The summed E-state index contributed by atoms with van der Waals surface area (Å²) in [5.41, 5.74) is 2.54. The molecule has 1 heterocycles. The van der Waals surface area contributed by atoms with Crippen molar-refractivity contribution >= 4 is 32.6 Å². The van der Waals surface area contributed by atoms with Gasteiger partial charge in [-0.05, 0) is 59.3 Å². The second-order valence-electron chi connectivity index (χ2n) is 6.12. The lowest BCUT2D eigenvalue weighted by Crippen LogP contribution is -2.48. The number of benzene rings is 2. The standard InChI is InChI=1S/C18H21IN2O2S/c1-15-3-2-4-16(13-15)14-20-9-11-21(12-10-20)24(22,23)18-7-5-17(19)6-8-18/h2-8,13H,9-12,14H2,1H3. The highest BCUT2D eigenvalue weighted by Gasteiger charge is 2.28. The second-order valence-corrected chi connectivity index (χ2v) is 9.31. The van der Waals surface area contributed by atoms with E-state index in [1.54, 1.807) is 16.4 Å². The van der Waals surface area contributed by atoms with Crippen LogP contribution in [-0.4, -0.2) is 43.8 Å². The Labute approximate surface area is 157 Å². The smallest absolute Gasteiger partial charge is 0.243 e. The van der Waals surface area contributed by atoms with Crippen molar-refractivity contribution in [1.82, 2.24) is 9.21 Å². The van der Waals surface area contributed by atoms with E-state index in [4.69, 9.17) is 0 Å². The molecule has 1 aliphatic heterocycles. The molecule has 0 bridgehead atoms. The molecule has 128 valence electrons. The van der Waals surface area contributed by atoms with Gasteiger partial charge in [0.25, 0.3) is 0 Å². The maximum atomic E-state index is 12.7. The summed E-state index contributed by atoms with van der Waals surface area (Å²) in [6, 6.07) is 15.5. The van der Waals surface area contributed by atoms with E-state index in [0.717, 1.165) is 23.2 Å². The van der Waals surface area contributed by atoms with Gasteiger partial charge in [0.2, 0.25) is 10.0 Å². The van der Waals surface area contributed by atoms with E-state index in [1.165, 1.54) is 11.1 Å². The zero-order valence-corrected chi connectivity index (χ0v) is 16.6. The molecule has 1 fully saturated rings. The van der Waals surface area contributed by atoms with E-state index in [1.807, 2.05) is 12.1 Å². The van der Waals surface area contributed by atoms with Crippen molar-refractivity contribution in [2.45, 2.75) is 18.4 Å². The number of sulfonamides is 1. The third kappa shape index (κ3) is 4.17. The zero-order chi connectivity index (χ0) is 17.2. The molecule has 0 atom stereocenters. The first-order valence-electron chi connectivity index (χ1n) is 7.99. The normalized spacial score (nSPS) is 17.1. The molecule has 2 aromatic carbocycles. The first kappa shape index (κ1) is 17.8. The van der Waals surface area contributed by atoms with Crippen molar-refractivity contribution in [1.29, 1.82) is 0 Å². The van der Waals surface area contributed by atoms with Crippen LogP contribution in [0.5, 0.6) is 0 Å². The summed E-state index contributed by atoms with van der Waals surface area (Å²) in [5.74, 6) is 0. The molecule has 2 aromatic rings. The predicted molar refractivity (Wildman–Crippen MR) is 104 cm³/mol. The minimum absolute atomic E-state index is 0.384. The van der Waals surface area contributed by atoms with Gasteiger partial charge in [0.05, 0.1) is 4.90 Å². The van der Waals surface area contributed by atoms with Crippen LogP contribution in [0.4, 0.5) is 0 Å². The molecular weight excluding hydrogens is 435 g/mol. The largest absolute Gasteiger partial charge is 0.296 e. The minimum atomic E-state index is -3.38. The molecule has 0 N–H and O–H groups in total. The SMILES string of the molecule is Cc1cccc(CN2CCN(S(=O)(=O)c3ccc(I)cc3)CC2)c1. The van der Waals surface area contributed by atoms with Crippen LogP contribution in [0.15, 0.2) is 53.4 Å². The topological polar surface area (TPSA) is 40.6 Å². The van der Waals surface area contributed by atoms with Gasteiger partial charge < -0.3 is 0 Å². The van der Waals surface area contributed by atoms with Crippen LogP contribution in [0.3, 0.4) is 0 Å². The van der Waals surface area contributed by atoms with Crippen molar-refractivity contribution in [2.75, 3.05) is 26.2 Å². The van der Waals surface area contributed by atoms with Crippen LogP contribution in [0.1, 0.15) is 11.1 Å². The molecular formula is C18H21IN2O2S. The Kier molecular flexibility index (Phi) is 5.59. The summed E-state index contributed by atoms with van der Waals surface area (Å²) >= 11 is 2.18. The molecule has 3 rings (SSSR count). The molecule has 0 amide bonds. The number of aryl methyl sites for hydroxylation is 1. The van der Waals surface area contributed by atoms with E-state index in [-0.39, 0.29) is 0 Å². The van der Waals surface area contributed by atoms with Gasteiger partial charge in [-0.1, -0.05) is 29.8 Å². The number of rotatable bonds is 4. The van der Waals surface area contributed by atoms with Crippen molar-refractivity contribution in [3.05, 3.63) is 63.2 Å². The fourth-order valence-electron chi connectivity index (χ4n) is 2.95. The lowest BCUT2D eigenvalue weighted by atomic mass is 10.1. The Morgan fingerprint density at radius 1 is 1.00 bits per heavy atom. The quantitative estimate of drug-likeness (QED) is 0.665. The highest BCUT2D eigenvalue weighted by atomic mass is 127. The highest BCUT2D eigenvalue weighted by molar-refractivity contribution is 14.1. The van der Waals surface area contributed by atoms with E-state index >= 15 is 0 Å². The number of nitrogens with zero attached hydrogens (tertiary/aromatic N) is 2. The van der Waals surface area contributed by atoms with Crippen LogP contribution in [0.25, 0.3) is 0 Å². The van der Waals surface area contributed by atoms with Crippen molar-refractivity contribution < 1.29 is 8.42 Å². The van der Waals surface area contributed by atoms with Crippen molar-refractivity contribution in [2.24, 2.45) is 0 Å². The first-order valence-corrected chi connectivity index (χ1v) is 10.5. The van der Waals surface area contributed by atoms with E-state index in [9.17, 15) is 8.42 Å². The van der Waals surface area contributed by atoms with Gasteiger partial charge in [-0.2, -0.15) is 4.31 Å². The third-order valence-electron chi connectivity index (χ3n) is 4.27. The van der Waals surface area contributed by atoms with Gasteiger partial charge >= 0.3 is 0 Å². The lowest BCUT2D eigenvalue weighted by molar-refractivity contribution is 0.181. The fourth-order valence-corrected chi connectivity index (χ4v) is 4.73. The summed E-state index contributed by atoms with van der Waals surface area (Å²) in [4.78, 5) is 2.70. The summed E-state index contributed by atoms with van der Waals surface area (Å²) in [6.07, 6.45) is 0. The van der Waals surface area contributed by atoms with E-state index in [2.05, 4.69) is 58.7 Å². The molecule has 0 spiro atoms. The van der Waals surface area contributed by atoms with Crippen LogP contribution < -0.4 is 0 Å². The fraction of sp³-hybridized carbons (Fsp3) is 0.333. The number of hydrogen-bond acceptors (Lipinski definition) is 3. The van der Waals surface area contributed by atoms with Gasteiger partial charge in [-0.3, -0.25) is 4.90 Å². The maximum absolute atomic E-state index is 12.7. The summed E-state index contributed by atoms with van der Waals surface area (Å²) in [6.45, 7) is 5.57. The minimum Gasteiger partial charge on any atom is -0.296 e. The van der Waals surface area contributed by atoms with Gasteiger partial charge in [0.15, 0.2) is 0 Å². The highest BCUT2D eigenvalue weighted by Crippen LogP contribution is 2.19. The summed E-state index contributed by atoms with van der Waals surface area (Å²) in [7, 11) is -3.38. The van der Waals surface area contributed by atoms with Crippen LogP contribution in [0.2, 0.25) is 0 Å². The van der Waals surface area contributed by atoms with Gasteiger partial charge in [-0.25, -0.2) is 8.42 Å². The van der Waals surface area contributed by atoms with Gasteiger partial charge in [-0.15, -0.1) is 0 Å². The summed E-state index contributed by atoms with van der Waals surface area (Å²) in [5, 5.41) is 0. The van der Waals surface area contributed by atoms with Crippen molar-refractivity contribution in [3.63, 3.8) is 0 Å². The maximum Gasteiger partial charge on any atom is 0.243 e. The Hall–Kier alpha value is -0.960. The molecule has 0 saturated carbocycles.